The minimum Gasteiger partial charge on any atom is -0.192 e. The van der Waals surface area contributed by atoms with Gasteiger partial charge in [-0.15, -0.1) is 0 Å². The van der Waals surface area contributed by atoms with Crippen molar-refractivity contribution in [1.29, 1.82) is 0 Å². The first-order valence-electron chi connectivity index (χ1n) is 12.3. The molecule has 2 aliphatic rings. The molecule has 0 amide bonds. The molecule has 1 aromatic heterocycles. The fraction of sp³-hybridized carbons (Fsp3) is 0.433. The summed E-state index contributed by atoms with van der Waals surface area (Å²) < 4.78 is 2.73. The van der Waals surface area contributed by atoms with Gasteiger partial charge < -0.3 is 0 Å². The third kappa shape index (κ3) is 2.48. The Morgan fingerprint density at radius 3 is 2.12 bits per heavy atom. The van der Waals surface area contributed by atoms with E-state index >= 15 is 0 Å². The van der Waals surface area contributed by atoms with E-state index in [1.165, 1.54) is 33.5 Å². The fourth-order valence-electron chi connectivity index (χ4n) is 6.63. The summed E-state index contributed by atoms with van der Waals surface area (Å²) in [6.07, 6.45) is 4.80. The largest absolute Gasteiger partial charge is 0.217 e. The Hall–Kier alpha value is -2.19. The summed E-state index contributed by atoms with van der Waals surface area (Å²) in [6.45, 7) is 19.6. The number of hydrogen-bond acceptors (Lipinski definition) is 0. The molecule has 0 saturated carbocycles. The van der Waals surface area contributed by atoms with E-state index in [4.69, 9.17) is 0 Å². The molecule has 2 heteroatoms. The molecule has 1 aliphatic carbocycles. The van der Waals surface area contributed by atoms with Gasteiger partial charge in [0.25, 0.3) is 0 Å². The highest BCUT2D eigenvalue weighted by Crippen LogP contribution is 2.59. The van der Waals surface area contributed by atoms with Crippen LogP contribution >= 0.6 is 0 Å². The zero-order valence-corrected chi connectivity index (χ0v) is 22.1. The van der Waals surface area contributed by atoms with E-state index in [2.05, 4.69) is 114 Å². The average Bonchev–Trinajstić information content (AvgIpc) is 3.04. The lowest BCUT2D eigenvalue weighted by Gasteiger charge is -2.46. The molecular formula is C30H37NSi+. The first-order valence-corrected chi connectivity index (χ1v) is 14.8. The summed E-state index contributed by atoms with van der Waals surface area (Å²) in [6, 6.07) is 18.5. The van der Waals surface area contributed by atoms with Crippen LogP contribution in [0.4, 0.5) is 0 Å². The van der Waals surface area contributed by atoms with Gasteiger partial charge in [-0.05, 0) is 41.7 Å². The van der Waals surface area contributed by atoms with Gasteiger partial charge in [0.05, 0.1) is 19.8 Å². The second-order valence-corrected chi connectivity index (χ2v) is 13.7. The molecule has 2 aromatic carbocycles. The first kappa shape index (κ1) is 21.6. The predicted molar refractivity (Wildman–Crippen MR) is 138 cm³/mol. The van der Waals surface area contributed by atoms with Gasteiger partial charge >= 0.3 is 0 Å². The monoisotopic (exact) mass is 439 g/mol. The van der Waals surface area contributed by atoms with Crippen molar-refractivity contribution in [3.05, 3.63) is 71.4 Å². The second-order valence-electron chi connectivity index (χ2n) is 11.1. The van der Waals surface area contributed by atoms with Crippen molar-refractivity contribution in [2.45, 2.75) is 83.8 Å². The molecule has 1 nitrogen and oxygen atoms in total. The zero-order valence-electron chi connectivity index (χ0n) is 21.1. The Labute approximate surface area is 196 Å². The summed E-state index contributed by atoms with van der Waals surface area (Å²) in [5, 5.41) is 1.55. The van der Waals surface area contributed by atoms with E-state index in [0.717, 1.165) is 12.8 Å². The lowest BCUT2D eigenvalue weighted by Crippen LogP contribution is -2.68. The number of rotatable bonds is 4. The molecule has 0 saturated heterocycles. The molecule has 2 atom stereocenters. The lowest BCUT2D eigenvalue weighted by atomic mass is 9.60. The van der Waals surface area contributed by atoms with Crippen LogP contribution in [0.25, 0.3) is 22.4 Å². The smallest absolute Gasteiger partial charge is 0.192 e. The van der Waals surface area contributed by atoms with Crippen LogP contribution in [0.2, 0.25) is 13.1 Å². The highest BCUT2D eigenvalue weighted by Gasteiger charge is 2.60. The van der Waals surface area contributed by atoms with Gasteiger partial charge in [0.15, 0.2) is 11.7 Å². The van der Waals surface area contributed by atoms with E-state index in [1.807, 2.05) is 0 Å². The number of pyridine rings is 1. The average molecular weight is 440 g/mol. The standard InChI is InChI=1S/C30H37NSi/c1-9-29(5)23-17-16-22(20-14-12-11-13-15-20)26-25(23)27-24(28(26,3)4)18-21(32(7)8)19-31(27)30(29,6)10-2/h11-19H,9-10H2,1-8H3/q+1. The molecule has 1 radical (unpaired) electrons. The van der Waals surface area contributed by atoms with E-state index in [0.29, 0.717) is 0 Å². The minimum absolute atomic E-state index is 0.0193. The number of nitrogens with zero attached hydrogens (tertiary/aromatic N) is 1. The van der Waals surface area contributed by atoms with Crippen molar-refractivity contribution in [3.8, 4) is 22.4 Å². The molecule has 2 heterocycles. The topological polar surface area (TPSA) is 3.88 Å². The van der Waals surface area contributed by atoms with Crippen LogP contribution in [0, 0.1) is 0 Å². The highest BCUT2D eigenvalue weighted by molar-refractivity contribution is 6.70. The van der Waals surface area contributed by atoms with Crippen LogP contribution in [0.3, 0.4) is 0 Å². The molecule has 0 fully saturated rings. The van der Waals surface area contributed by atoms with Gasteiger partial charge in [0, 0.05) is 29.5 Å². The van der Waals surface area contributed by atoms with Crippen molar-refractivity contribution in [3.63, 3.8) is 0 Å². The van der Waals surface area contributed by atoms with Crippen LogP contribution in [0.15, 0.2) is 54.7 Å². The van der Waals surface area contributed by atoms with Gasteiger partial charge in [0.1, 0.15) is 0 Å². The summed E-state index contributed by atoms with van der Waals surface area (Å²) in [7, 11) is -0.564. The molecule has 32 heavy (non-hydrogen) atoms. The Morgan fingerprint density at radius 1 is 0.844 bits per heavy atom. The number of aromatic nitrogens is 1. The molecule has 3 aromatic rings. The molecule has 2 unspecified atom stereocenters. The van der Waals surface area contributed by atoms with Crippen molar-refractivity contribution >= 4 is 14.0 Å². The Bertz CT molecular complexity index is 1220. The summed E-state index contributed by atoms with van der Waals surface area (Å²) >= 11 is 0. The second kappa shape index (κ2) is 6.90. The third-order valence-corrected chi connectivity index (χ3v) is 10.6. The third-order valence-electron chi connectivity index (χ3n) is 9.18. The van der Waals surface area contributed by atoms with E-state index in [9.17, 15) is 0 Å². The maximum atomic E-state index is 2.73. The van der Waals surface area contributed by atoms with Crippen molar-refractivity contribution < 1.29 is 4.57 Å². The highest BCUT2D eigenvalue weighted by atomic mass is 28.3. The Kier molecular flexibility index (Phi) is 4.67. The number of hydrogen-bond donors (Lipinski definition) is 0. The molecule has 0 N–H and O–H groups in total. The lowest BCUT2D eigenvalue weighted by molar-refractivity contribution is -0.764. The molecule has 0 spiro atoms. The van der Waals surface area contributed by atoms with Crippen LogP contribution in [-0.2, 0) is 16.4 Å². The molecule has 1 aliphatic heterocycles. The predicted octanol–water partition coefficient (Wildman–Crippen LogP) is 6.72. The normalized spacial score (nSPS) is 24.7. The van der Waals surface area contributed by atoms with Gasteiger partial charge in [-0.25, -0.2) is 0 Å². The van der Waals surface area contributed by atoms with Gasteiger partial charge in [-0.3, -0.25) is 0 Å². The maximum absolute atomic E-state index is 2.73. The fourth-order valence-corrected chi connectivity index (χ4v) is 7.45. The molecule has 0 bridgehead atoms. The summed E-state index contributed by atoms with van der Waals surface area (Å²) in [5.74, 6) is 0. The zero-order chi connectivity index (χ0) is 23.1. The van der Waals surface area contributed by atoms with Gasteiger partial charge in [-0.2, -0.15) is 4.57 Å². The van der Waals surface area contributed by atoms with Crippen molar-refractivity contribution in [2.24, 2.45) is 0 Å². The molecule has 5 rings (SSSR count). The molecule has 165 valence electrons. The minimum atomic E-state index is -0.564. The first-order chi connectivity index (χ1) is 15.1. The summed E-state index contributed by atoms with van der Waals surface area (Å²) in [4.78, 5) is 0. The quantitative estimate of drug-likeness (QED) is 0.314. The summed E-state index contributed by atoms with van der Waals surface area (Å²) in [5.41, 5.74) is 10.5. The Balaban J connectivity index is 1.98. The molecular weight excluding hydrogens is 402 g/mol. The number of benzene rings is 2. The van der Waals surface area contributed by atoms with Crippen molar-refractivity contribution in [2.75, 3.05) is 0 Å². The Morgan fingerprint density at radius 2 is 1.53 bits per heavy atom. The van der Waals surface area contributed by atoms with E-state index < -0.39 is 8.80 Å². The van der Waals surface area contributed by atoms with Crippen molar-refractivity contribution in [1.82, 2.24) is 0 Å². The van der Waals surface area contributed by atoms with Crippen LogP contribution in [0.1, 0.15) is 71.1 Å². The van der Waals surface area contributed by atoms with Gasteiger partial charge in [0.2, 0.25) is 5.69 Å². The van der Waals surface area contributed by atoms with Crippen LogP contribution < -0.4 is 9.75 Å². The van der Waals surface area contributed by atoms with Crippen LogP contribution in [-0.4, -0.2) is 8.80 Å². The maximum Gasteiger partial charge on any atom is 0.217 e. The van der Waals surface area contributed by atoms with Gasteiger partial charge in [-0.1, -0.05) is 83.3 Å². The van der Waals surface area contributed by atoms with E-state index in [1.54, 1.807) is 10.8 Å². The SMILES string of the molecule is CCC1(C)c2ccc(-c3ccccc3)c3c2-c2c(cc([Si](C)C)c[n+]2C1(C)CC)C3(C)C. The van der Waals surface area contributed by atoms with Crippen LogP contribution in [0.5, 0.6) is 0 Å². The van der Waals surface area contributed by atoms with E-state index in [-0.39, 0.29) is 16.4 Å².